The van der Waals surface area contributed by atoms with Gasteiger partial charge < -0.3 is 0 Å². The van der Waals surface area contributed by atoms with Crippen molar-refractivity contribution in [3.63, 3.8) is 0 Å². The molecule has 20 heavy (non-hydrogen) atoms. The lowest BCUT2D eigenvalue weighted by Gasteiger charge is -2.14. The van der Waals surface area contributed by atoms with Crippen LogP contribution in [0.2, 0.25) is 5.02 Å². The smallest absolute Gasteiger partial charge is 0.0836 e. The molecule has 0 fully saturated rings. The largest absolute Gasteiger partial charge is 0.113 e. The third-order valence-corrected chi connectivity index (χ3v) is 5.26. The van der Waals surface area contributed by atoms with Gasteiger partial charge >= 0.3 is 0 Å². The fourth-order valence-electron chi connectivity index (χ4n) is 2.34. The van der Waals surface area contributed by atoms with E-state index < -0.39 is 0 Å². The van der Waals surface area contributed by atoms with Gasteiger partial charge in [-0.15, -0.1) is 11.6 Å². The van der Waals surface area contributed by atoms with E-state index in [1.807, 2.05) is 18.2 Å². The summed E-state index contributed by atoms with van der Waals surface area (Å²) in [5.41, 5.74) is 4.91. The third kappa shape index (κ3) is 3.39. The zero-order chi connectivity index (χ0) is 14.7. The molecule has 1 atom stereocenters. The van der Waals surface area contributed by atoms with Crippen molar-refractivity contribution in [3.05, 3.63) is 68.1 Å². The average molecular weight is 372 g/mol. The van der Waals surface area contributed by atoms with Crippen molar-refractivity contribution in [2.75, 3.05) is 0 Å². The number of rotatable bonds is 4. The van der Waals surface area contributed by atoms with E-state index in [0.29, 0.717) is 5.02 Å². The number of benzene rings is 2. The second-order valence-corrected chi connectivity index (χ2v) is 6.47. The number of alkyl halides is 1. The second kappa shape index (κ2) is 6.98. The zero-order valence-electron chi connectivity index (χ0n) is 11.6. The highest BCUT2D eigenvalue weighted by atomic mass is 79.9. The van der Waals surface area contributed by atoms with E-state index in [4.69, 9.17) is 23.2 Å². The van der Waals surface area contributed by atoms with Gasteiger partial charge in [0.2, 0.25) is 0 Å². The van der Waals surface area contributed by atoms with Gasteiger partial charge in [-0.3, -0.25) is 0 Å². The molecule has 0 saturated heterocycles. The van der Waals surface area contributed by atoms with Crippen molar-refractivity contribution in [1.82, 2.24) is 0 Å². The fraction of sp³-hybridized carbons (Fsp3) is 0.294. The lowest BCUT2D eigenvalue weighted by atomic mass is 9.96. The Balaban J connectivity index is 2.37. The summed E-state index contributed by atoms with van der Waals surface area (Å²) < 4.78 is 0.891. The molecule has 2 rings (SSSR count). The molecule has 0 heterocycles. The van der Waals surface area contributed by atoms with Crippen LogP contribution in [0.25, 0.3) is 0 Å². The van der Waals surface area contributed by atoms with Crippen molar-refractivity contribution < 1.29 is 0 Å². The van der Waals surface area contributed by atoms with Crippen LogP contribution in [-0.2, 0) is 12.8 Å². The molecule has 3 heteroatoms. The summed E-state index contributed by atoms with van der Waals surface area (Å²) in [6, 6.07) is 12.4. The first-order valence-corrected chi connectivity index (χ1v) is 8.38. The van der Waals surface area contributed by atoms with Gasteiger partial charge in [-0.2, -0.15) is 0 Å². The summed E-state index contributed by atoms with van der Waals surface area (Å²) in [5, 5.41) is 0.519. The minimum Gasteiger partial charge on any atom is -0.113 e. The Labute approximate surface area is 139 Å². The number of aryl methyl sites for hydroxylation is 2. The van der Waals surface area contributed by atoms with Crippen molar-refractivity contribution in [1.29, 1.82) is 0 Å². The van der Waals surface area contributed by atoms with Gasteiger partial charge in [0.1, 0.15) is 0 Å². The molecule has 2 aromatic rings. The minimum atomic E-state index is -0.170. The summed E-state index contributed by atoms with van der Waals surface area (Å²) in [5.74, 6) is 0. The Bertz CT molecular complexity index is 608. The van der Waals surface area contributed by atoms with Crippen LogP contribution in [-0.4, -0.2) is 0 Å². The maximum Gasteiger partial charge on any atom is 0.0836 e. The third-order valence-electron chi connectivity index (χ3n) is 3.52. The zero-order valence-corrected chi connectivity index (χ0v) is 14.7. The summed E-state index contributed by atoms with van der Waals surface area (Å²) in [7, 11) is 0. The summed E-state index contributed by atoms with van der Waals surface area (Å²) in [4.78, 5) is 0. The molecular weight excluding hydrogens is 355 g/mol. The molecule has 0 amide bonds. The first kappa shape index (κ1) is 15.9. The molecule has 1 unspecified atom stereocenters. The van der Waals surface area contributed by atoms with Crippen LogP contribution in [0.15, 0.2) is 40.9 Å². The molecule has 0 aliphatic heterocycles. The lowest BCUT2D eigenvalue weighted by molar-refractivity contribution is 1.02. The van der Waals surface area contributed by atoms with Crippen LogP contribution < -0.4 is 0 Å². The van der Waals surface area contributed by atoms with Gasteiger partial charge in [0, 0.05) is 4.47 Å². The first-order valence-electron chi connectivity index (χ1n) is 6.77. The number of hydrogen-bond donors (Lipinski definition) is 0. The highest BCUT2D eigenvalue weighted by Crippen LogP contribution is 2.34. The fourth-order valence-corrected chi connectivity index (χ4v) is 3.05. The van der Waals surface area contributed by atoms with E-state index in [0.717, 1.165) is 28.4 Å². The van der Waals surface area contributed by atoms with Crippen LogP contribution in [0.5, 0.6) is 0 Å². The SMILES string of the molecule is CCc1ccc(C(Cl)c2ccc(Br)c(Cl)c2)cc1CC. The Kier molecular flexibility index (Phi) is 5.54. The first-order chi connectivity index (χ1) is 9.56. The van der Waals surface area contributed by atoms with Crippen molar-refractivity contribution in [3.8, 4) is 0 Å². The standard InChI is InChI=1S/C17H17BrCl2/c1-3-11-5-6-13(9-12(11)4-2)17(20)14-7-8-15(18)16(19)10-14/h5-10,17H,3-4H2,1-2H3. The minimum absolute atomic E-state index is 0.170. The molecule has 0 aliphatic carbocycles. The molecule has 0 radical (unpaired) electrons. The topological polar surface area (TPSA) is 0 Å². The Morgan fingerprint density at radius 1 is 0.950 bits per heavy atom. The molecule has 0 spiro atoms. The highest BCUT2D eigenvalue weighted by Gasteiger charge is 2.13. The van der Waals surface area contributed by atoms with E-state index in [1.54, 1.807) is 0 Å². The maximum atomic E-state index is 6.61. The van der Waals surface area contributed by atoms with E-state index in [-0.39, 0.29) is 5.38 Å². The van der Waals surface area contributed by atoms with Gasteiger partial charge in [0.25, 0.3) is 0 Å². The predicted molar refractivity (Wildman–Crippen MR) is 92.0 cm³/mol. The number of hydrogen-bond acceptors (Lipinski definition) is 0. The second-order valence-electron chi connectivity index (χ2n) is 4.77. The van der Waals surface area contributed by atoms with Crippen LogP contribution >= 0.6 is 39.1 Å². The Hall–Kier alpha value is -0.500. The Morgan fingerprint density at radius 2 is 1.55 bits per heavy atom. The molecule has 0 saturated carbocycles. The normalized spacial score (nSPS) is 12.4. The van der Waals surface area contributed by atoms with Crippen LogP contribution in [0.3, 0.4) is 0 Å². The monoisotopic (exact) mass is 370 g/mol. The summed E-state index contributed by atoms with van der Waals surface area (Å²) in [6.45, 7) is 4.36. The molecule has 106 valence electrons. The van der Waals surface area contributed by atoms with Crippen LogP contribution in [0.4, 0.5) is 0 Å². The van der Waals surface area contributed by atoms with Crippen molar-refractivity contribution >= 4 is 39.1 Å². The molecule has 0 nitrogen and oxygen atoms in total. The predicted octanol–water partition coefficient (Wildman–Crippen LogP) is 6.56. The van der Waals surface area contributed by atoms with Crippen molar-refractivity contribution in [2.45, 2.75) is 32.1 Å². The van der Waals surface area contributed by atoms with Gasteiger partial charge in [-0.1, -0.05) is 49.7 Å². The van der Waals surface area contributed by atoms with E-state index >= 15 is 0 Å². The molecule has 0 aliphatic rings. The van der Waals surface area contributed by atoms with E-state index in [2.05, 4.69) is 48.0 Å². The molecule has 2 aromatic carbocycles. The molecule has 0 aromatic heterocycles. The molecule has 0 bridgehead atoms. The van der Waals surface area contributed by atoms with Crippen LogP contribution in [0, 0.1) is 0 Å². The van der Waals surface area contributed by atoms with E-state index in [9.17, 15) is 0 Å². The van der Waals surface area contributed by atoms with Crippen LogP contribution in [0.1, 0.15) is 41.5 Å². The average Bonchev–Trinajstić information content (AvgIpc) is 2.48. The Morgan fingerprint density at radius 3 is 2.15 bits per heavy atom. The van der Waals surface area contributed by atoms with Crippen molar-refractivity contribution in [2.24, 2.45) is 0 Å². The van der Waals surface area contributed by atoms with E-state index in [1.165, 1.54) is 11.1 Å². The summed E-state index contributed by atoms with van der Waals surface area (Å²) in [6.07, 6.45) is 2.09. The van der Waals surface area contributed by atoms with Gasteiger partial charge in [-0.25, -0.2) is 0 Å². The maximum absolute atomic E-state index is 6.61. The van der Waals surface area contributed by atoms with Gasteiger partial charge in [0.15, 0.2) is 0 Å². The molecule has 0 N–H and O–H groups in total. The number of halogens is 3. The lowest BCUT2D eigenvalue weighted by Crippen LogP contribution is -1.98. The molecular formula is C17H17BrCl2. The van der Waals surface area contributed by atoms with Gasteiger partial charge in [-0.05, 0) is 63.2 Å². The summed E-state index contributed by atoms with van der Waals surface area (Å²) >= 11 is 16.2. The quantitative estimate of drug-likeness (QED) is 0.534. The van der Waals surface area contributed by atoms with Gasteiger partial charge in [0.05, 0.1) is 10.4 Å². The highest BCUT2D eigenvalue weighted by molar-refractivity contribution is 9.10.